The summed E-state index contributed by atoms with van der Waals surface area (Å²) in [6.45, 7) is 10.2. The van der Waals surface area contributed by atoms with Crippen molar-refractivity contribution >= 4 is 29.8 Å². The fourth-order valence-corrected chi connectivity index (χ4v) is 21.1. The van der Waals surface area contributed by atoms with Gasteiger partial charge < -0.3 is 71.8 Å². The van der Waals surface area contributed by atoms with Gasteiger partial charge in [-0.3, -0.25) is 0 Å². The Morgan fingerprint density at radius 2 is 0.562 bits per heavy atom. The van der Waals surface area contributed by atoms with Gasteiger partial charge in [-0.1, -0.05) is 97.6 Å². The van der Waals surface area contributed by atoms with E-state index in [4.69, 9.17) is 56.8 Å². The molecule has 22 rings (SSSR count). The first-order valence-electron chi connectivity index (χ1n) is 50.7. The monoisotopic (exact) mass is 2010 g/mol. The fraction of sp³-hybridized carbons (Fsp3) is 0.432. The number of carbonyl (C=O) groups is 5. The van der Waals surface area contributed by atoms with Gasteiger partial charge in [0.15, 0.2) is 24.4 Å². The maximum atomic E-state index is 13.7. The van der Waals surface area contributed by atoms with Gasteiger partial charge in [0.2, 0.25) is 6.10 Å². The number of ether oxygens (including phenoxy) is 13. The van der Waals surface area contributed by atoms with E-state index in [-0.39, 0.29) is 6.42 Å². The van der Waals surface area contributed by atoms with E-state index in [1.165, 1.54) is 51.6 Å². The highest BCUT2D eigenvalue weighted by atomic mass is 19.3. The molecule has 10 aromatic rings. The summed E-state index contributed by atoms with van der Waals surface area (Å²) in [6, 6.07) is 50.0. The number of methoxy groups -OCH3 is 3. The van der Waals surface area contributed by atoms with Gasteiger partial charge in [0.05, 0.1) is 60.6 Å². The molecule has 0 saturated heterocycles. The molecule has 7 saturated carbocycles. The van der Waals surface area contributed by atoms with Crippen LogP contribution in [-0.2, 0) is 94.0 Å². The fourth-order valence-electron chi connectivity index (χ4n) is 21.1. The Morgan fingerprint density at radius 1 is 0.336 bits per heavy atom. The van der Waals surface area contributed by atoms with E-state index in [0.29, 0.717) is 89.4 Å². The largest absolute Gasteiger partial charge is 0.493 e. The summed E-state index contributed by atoms with van der Waals surface area (Å²) >= 11 is 0. The smallest absolute Gasteiger partial charge is 0.351 e. The van der Waals surface area contributed by atoms with Crippen LogP contribution in [0.5, 0.6) is 28.7 Å². The SMILES string of the molecule is C=COC(C(=O)OC)c1c(C)ccc(C2CC2)c1-c1ccc2c(c1)CCCO2.COC(=O)C(OC(F)F)c1c(C)ccc(C2CC2)c1-c1ccc2c(c1)CCCO2.COC(=O)C(OC1CC1(F)F)c1c(C)ccc(C2CC2)c1-c1ccc2c(c1)CCCO2.Cc1ccc(C2CC2)c(-c2ccc3c(c2)CCCO3)c1C(OC(F)F)C(=O)O.Cc1ccc(C2CC2)c(-c2ccc3c(c2)CCCO3)c1C(OC1CC1(F)F)C(=O)O. The second-order valence-electron chi connectivity index (χ2n) is 40.0. The van der Waals surface area contributed by atoms with E-state index in [1.807, 2.05) is 125 Å². The lowest BCUT2D eigenvalue weighted by Gasteiger charge is -2.25. The molecule has 0 radical (unpaired) electrons. The average Bonchev–Trinajstić information content (AvgIpc) is 1.60. The molecule has 12 aliphatic rings. The maximum Gasteiger partial charge on any atom is 0.351 e. The third-order valence-electron chi connectivity index (χ3n) is 29.4. The Kier molecular flexibility index (Phi) is 31.3. The molecule has 7 unspecified atom stereocenters. The van der Waals surface area contributed by atoms with Crippen molar-refractivity contribution in [1.29, 1.82) is 0 Å². The number of fused-ring (bicyclic) bond motifs is 5. The van der Waals surface area contributed by atoms with E-state index < -0.39 is 104 Å². The van der Waals surface area contributed by atoms with Crippen LogP contribution in [0.2, 0.25) is 0 Å². The van der Waals surface area contributed by atoms with Gasteiger partial charge in [0, 0.05) is 40.7 Å². The molecule has 146 heavy (non-hydrogen) atoms. The summed E-state index contributed by atoms with van der Waals surface area (Å²) < 4.78 is 176. The number of rotatable bonds is 30. The minimum absolute atomic E-state index is 0.314. The molecule has 7 fully saturated rings. The van der Waals surface area contributed by atoms with Crippen LogP contribution in [0.15, 0.2) is 165 Å². The van der Waals surface area contributed by atoms with Gasteiger partial charge in [-0.2, -0.15) is 17.6 Å². The van der Waals surface area contributed by atoms with E-state index in [2.05, 4.69) is 59.8 Å². The Hall–Kier alpha value is -12.6. The van der Waals surface area contributed by atoms with E-state index in [0.717, 1.165) is 273 Å². The zero-order valence-corrected chi connectivity index (χ0v) is 83.2. The van der Waals surface area contributed by atoms with Crippen molar-refractivity contribution in [1.82, 2.24) is 0 Å². The summed E-state index contributed by atoms with van der Waals surface area (Å²) in [7, 11) is 3.83. The molecule has 2 N–H and O–H groups in total. The highest BCUT2D eigenvalue weighted by Crippen LogP contribution is 2.58. The van der Waals surface area contributed by atoms with E-state index in [1.54, 1.807) is 13.0 Å². The molecular formula is C118H122F8O20. The second kappa shape index (κ2) is 44.2. The lowest BCUT2D eigenvalue weighted by molar-refractivity contribution is -0.191. The molecule has 770 valence electrons. The number of carbonyl (C=O) groups excluding carboxylic acids is 3. The number of hydrogen-bond donors (Lipinski definition) is 2. The van der Waals surface area contributed by atoms with Crippen LogP contribution >= 0.6 is 0 Å². The minimum atomic E-state index is -3.17. The molecule has 7 atom stereocenters. The molecule has 5 aliphatic heterocycles. The highest BCUT2D eigenvalue weighted by molar-refractivity contribution is 5.89. The van der Waals surface area contributed by atoms with Gasteiger partial charge in [-0.05, 0) is 392 Å². The molecule has 0 bridgehead atoms. The lowest BCUT2D eigenvalue weighted by Crippen LogP contribution is -2.22. The molecular weight excluding hydrogens is 1890 g/mol. The van der Waals surface area contributed by atoms with Crippen LogP contribution < -0.4 is 23.7 Å². The number of aliphatic carboxylic acids is 2. The predicted molar refractivity (Wildman–Crippen MR) is 531 cm³/mol. The van der Waals surface area contributed by atoms with Crippen molar-refractivity contribution in [2.24, 2.45) is 0 Å². The summed E-state index contributed by atoms with van der Waals surface area (Å²) in [5, 5.41) is 19.5. The molecule has 5 heterocycles. The van der Waals surface area contributed by atoms with Gasteiger partial charge in [-0.25, -0.2) is 41.5 Å². The van der Waals surface area contributed by atoms with Crippen LogP contribution in [0.3, 0.4) is 0 Å². The first-order valence-corrected chi connectivity index (χ1v) is 50.7. The number of carboxylic acids is 2. The van der Waals surface area contributed by atoms with Crippen molar-refractivity contribution in [3.63, 3.8) is 0 Å². The molecule has 0 spiro atoms. The molecule has 0 aromatic heterocycles. The maximum absolute atomic E-state index is 13.7. The second-order valence-corrected chi connectivity index (χ2v) is 40.0. The lowest BCUT2D eigenvalue weighted by atomic mass is 9.85. The zero-order chi connectivity index (χ0) is 103. The Labute approximate surface area is 844 Å². The summed E-state index contributed by atoms with van der Waals surface area (Å²) in [4.78, 5) is 61.7. The molecule has 20 nitrogen and oxygen atoms in total. The zero-order valence-electron chi connectivity index (χ0n) is 83.2. The summed E-state index contributed by atoms with van der Waals surface area (Å²) in [5.41, 5.74) is 26.8. The van der Waals surface area contributed by atoms with Crippen LogP contribution in [0.25, 0.3) is 55.6 Å². The standard InChI is InChI=1S/C25H26F2O4.C24H24F2O4.C24H26O4.C23H24F2O4.C22H22F2O4/c1-14-5-9-18(15-6-7-15)22(17-8-10-19-16(12-17)4-3-11-30-19)21(14)23(24(28)29-2)31-20-13-25(20,26)27;1-13-4-8-17(14-5-6-14)21(16-7-9-18-15(11-16)3-2-10-29-18)20(13)22(23(27)28)30-19-12-24(19,25)26;1-4-27-23(24(25)26-3)21-15(2)7-11-19(16-8-9-16)22(21)18-10-12-20-17(14-18)6-5-13-28-20;1-13-5-9-17(14-6-7-14)20(19(13)21(22(26)27-2)29-23(24)25)16-8-10-18-15(12-16)4-3-11-28-18;1-12-4-8-16(13-5-6-13)19(18(12)20(21(25)26)28-22(23)24)15-7-9-17-14(11-15)3-2-10-27-17/h5,8-10,12,15,20,23H,3-4,6-7,11,13H2,1-2H3;4,7-9,11,14,19,22H,2-3,5-6,10,12H2,1H3,(H,27,28);4,7,10-12,14,16,23H,1,5-6,8-9,13H2,2-3H3;5,8-10,12,14,21,23H,3-4,6-7,11H2,1-2H3;4,7-9,11,13,20,22H,2-3,5-6,10H2,1H3,(H,25,26). The van der Waals surface area contributed by atoms with Crippen LogP contribution in [0.4, 0.5) is 35.1 Å². The number of alkyl halides is 8. The van der Waals surface area contributed by atoms with Gasteiger partial charge >= 0.3 is 43.1 Å². The van der Waals surface area contributed by atoms with Gasteiger partial charge in [0.25, 0.3) is 11.8 Å². The molecule has 7 aliphatic carbocycles. The minimum Gasteiger partial charge on any atom is -0.493 e. The predicted octanol–water partition coefficient (Wildman–Crippen LogP) is 26.7. The summed E-state index contributed by atoms with van der Waals surface area (Å²) in [5.74, 6) is -4.02. The first-order chi connectivity index (χ1) is 70.3. The summed E-state index contributed by atoms with van der Waals surface area (Å²) in [6.07, 6.45) is 11.3. The number of benzene rings is 10. The number of halogens is 8. The first kappa shape index (κ1) is 103. The number of esters is 3. The third kappa shape index (κ3) is 23.2. The van der Waals surface area contributed by atoms with Crippen LogP contribution in [-0.4, -0.2) is 132 Å². The molecule has 0 amide bonds. The number of aryl methyl sites for hydroxylation is 10. The highest BCUT2D eigenvalue weighted by Gasteiger charge is 2.61. The van der Waals surface area contributed by atoms with Crippen molar-refractivity contribution < 1.29 is 131 Å². The van der Waals surface area contributed by atoms with Crippen molar-refractivity contribution in [2.45, 2.75) is 273 Å². The van der Waals surface area contributed by atoms with Crippen LogP contribution in [0, 0.1) is 34.6 Å². The normalized spacial score (nSPS) is 19.2. The quantitative estimate of drug-likeness (QED) is 0.0184. The Balaban J connectivity index is 0.000000120. The van der Waals surface area contributed by atoms with E-state index in [9.17, 15) is 69.3 Å². The number of hydrogen-bond acceptors (Lipinski definition) is 18. The third-order valence-corrected chi connectivity index (χ3v) is 29.4. The topological polar surface area (TPSA) is 246 Å². The Morgan fingerprint density at radius 3 is 0.801 bits per heavy atom. The van der Waals surface area contributed by atoms with Gasteiger partial charge in [-0.15, -0.1) is 0 Å². The van der Waals surface area contributed by atoms with Crippen molar-refractivity contribution in [3.05, 3.63) is 276 Å². The Bertz CT molecular complexity index is 6590. The van der Waals surface area contributed by atoms with Gasteiger partial charge in [0.1, 0.15) is 41.0 Å². The number of carboxylic acid groups (broad SMARTS) is 2. The average molecular weight is 2010 g/mol. The van der Waals surface area contributed by atoms with Crippen molar-refractivity contribution in [3.8, 4) is 84.4 Å². The van der Waals surface area contributed by atoms with Crippen LogP contribution in [0.1, 0.15) is 281 Å². The molecule has 10 aromatic carbocycles. The van der Waals surface area contributed by atoms with Crippen molar-refractivity contribution in [2.75, 3.05) is 54.4 Å². The molecule has 28 heteroatoms. The van der Waals surface area contributed by atoms with E-state index >= 15 is 0 Å².